The Kier molecular flexibility index (Phi) is 9.15. The molecule has 6 nitrogen and oxygen atoms in total. The minimum absolute atomic E-state index is 0.481. The van der Waals surface area contributed by atoms with E-state index in [1.54, 1.807) is 39.0 Å². The smallest absolute Gasteiger partial charge is 0.232 e. The first-order valence-corrected chi connectivity index (χ1v) is 10.5. The summed E-state index contributed by atoms with van der Waals surface area (Å²) < 4.78 is 9.88. The number of hydrogen-bond acceptors (Lipinski definition) is 6. The summed E-state index contributed by atoms with van der Waals surface area (Å²) in [5.74, 6) is 2.21. The molecule has 0 bridgehead atoms. The lowest BCUT2D eigenvalue weighted by atomic mass is 9.68. The molecule has 2 unspecified atom stereocenters. The summed E-state index contributed by atoms with van der Waals surface area (Å²) in [6, 6.07) is 22.7. The maximum atomic E-state index is 5.14. The minimum Gasteiger partial charge on any atom is -0.480 e. The van der Waals surface area contributed by atoms with Gasteiger partial charge in [-0.15, -0.1) is 0 Å². The van der Waals surface area contributed by atoms with Crippen LogP contribution in [-0.4, -0.2) is 34.2 Å². The molecule has 1 fully saturated rings. The normalized spacial score (nSPS) is 16.2. The molecule has 164 valence electrons. The Bertz CT molecular complexity index is 991. The molecule has 0 amide bonds. The van der Waals surface area contributed by atoms with Crippen molar-refractivity contribution in [3.63, 3.8) is 0 Å². The highest BCUT2D eigenvalue weighted by Crippen LogP contribution is 2.48. The molecule has 1 aliphatic rings. The molecular weight excluding hydrogens is 400 g/mol. The summed E-state index contributed by atoms with van der Waals surface area (Å²) in [5, 5.41) is 0. The molecule has 2 atom stereocenters. The van der Waals surface area contributed by atoms with E-state index in [0.29, 0.717) is 23.6 Å². The largest absolute Gasteiger partial charge is 0.480 e. The fourth-order valence-corrected chi connectivity index (χ4v) is 3.37. The molecule has 32 heavy (non-hydrogen) atoms. The van der Waals surface area contributed by atoms with Gasteiger partial charge in [0.15, 0.2) is 0 Å². The van der Waals surface area contributed by atoms with Crippen molar-refractivity contribution in [1.82, 2.24) is 19.9 Å². The van der Waals surface area contributed by atoms with Crippen LogP contribution in [0, 0.1) is 0 Å². The van der Waals surface area contributed by atoms with E-state index in [0.717, 1.165) is 5.69 Å². The van der Waals surface area contributed by atoms with Crippen LogP contribution in [0.4, 0.5) is 0 Å². The van der Waals surface area contributed by atoms with Crippen LogP contribution in [-0.2, 0) is 0 Å². The van der Waals surface area contributed by atoms with Gasteiger partial charge in [-0.05, 0) is 24.3 Å². The van der Waals surface area contributed by atoms with Gasteiger partial charge >= 0.3 is 0 Å². The Morgan fingerprint density at radius 2 is 1.25 bits per heavy atom. The van der Waals surface area contributed by atoms with Gasteiger partial charge in [0.25, 0.3) is 0 Å². The second-order valence-electron chi connectivity index (χ2n) is 7.09. The molecule has 4 aromatic rings. The van der Waals surface area contributed by atoms with E-state index in [-0.39, 0.29) is 0 Å². The summed E-state index contributed by atoms with van der Waals surface area (Å²) in [7, 11) is 3.19. The molecule has 5 rings (SSSR count). The molecular formula is C26H28N4O2. The molecule has 2 aromatic heterocycles. The molecule has 0 aliphatic heterocycles. The van der Waals surface area contributed by atoms with Gasteiger partial charge in [0.2, 0.25) is 11.8 Å². The van der Waals surface area contributed by atoms with Gasteiger partial charge in [-0.1, -0.05) is 66.7 Å². The van der Waals surface area contributed by atoms with Gasteiger partial charge in [0.1, 0.15) is 0 Å². The van der Waals surface area contributed by atoms with Crippen molar-refractivity contribution in [2.24, 2.45) is 0 Å². The lowest BCUT2D eigenvalue weighted by Crippen LogP contribution is -2.23. The highest BCUT2D eigenvalue weighted by molar-refractivity contribution is 5.28. The van der Waals surface area contributed by atoms with Crippen LogP contribution < -0.4 is 9.47 Å². The maximum absolute atomic E-state index is 5.14. The average Bonchev–Trinajstić information content (AvgIpc) is 2.86. The molecule has 0 N–H and O–H groups in total. The van der Waals surface area contributed by atoms with Gasteiger partial charge in [0.05, 0.1) is 32.3 Å². The molecule has 2 heterocycles. The first-order chi connectivity index (χ1) is 15.8. The van der Waals surface area contributed by atoms with Gasteiger partial charge in [-0.25, -0.2) is 9.97 Å². The Labute approximate surface area is 189 Å². The zero-order valence-electron chi connectivity index (χ0n) is 18.4. The number of hydrogen-bond donors (Lipinski definition) is 0. The van der Waals surface area contributed by atoms with Crippen molar-refractivity contribution in [3.8, 4) is 11.8 Å². The number of benzene rings is 2. The van der Waals surface area contributed by atoms with E-state index >= 15 is 0 Å². The average molecular weight is 429 g/mol. The van der Waals surface area contributed by atoms with Crippen LogP contribution in [0.15, 0.2) is 97.7 Å². The Morgan fingerprint density at radius 1 is 0.656 bits per heavy atom. The number of rotatable bonds is 4. The summed E-state index contributed by atoms with van der Waals surface area (Å²) in [5.41, 5.74) is 2.45. The number of aromatic nitrogens is 4. The number of ether oxygens (including phenoxy) is 2. The van der Waals surface area contributed by atoms with Crippen LogP contribution in [0.2, 0.25) is 0 Å². The molecule has 0 spiro atoms. The molecule has 6 heteroatoms. The highest BCUT2D eigenvalue weighted by Gasteiger charge is 2.34. The number of methoxy groups -OCH3 is 2. The van der Waals surface area contributed by atoms with Gasteiger partial charge < -0.3 is 9.47 Å². The standard InChI is InChI=1S/C15H16N2O.C6H6.C5H6N2O/c1-18-15-10-16-9-14(17-15)13-8-7-12(13)11-5-3-2-4-6-11;1-2-4-6-5-3-1;1-8-5-4-6-2-3-7-5/h2-6,9-10,12-13H,7-8H2,1H3;1-6H;2-4H,1H3. The van der Waals surface area contributed by atoms with Crippen LogP contribution in [0.5, 0.6) is 11.8 Å². The Hall–Kier alpha value is -3.80. The monoisotopic (exact) mass is 428 g/mol. The first kappa shape index (κ1) is 22.9. The fraction of sp³-hybridized carbons (Fsp3) is 0.231. The Balaban J connectivity index is 0.000000169. The molecule has 2 aromatic carbocycles. The van der Waals surface area contributed by atoms with Crippen LogP contribution in [0.25, 0.3) is 0 Å². The van der Waals surface area contributed by atoms with E-state index < -0.39 is 0 Å². The predicted octanol–water partition coefficient (Wildman–Crippen LogP) is 5.32. The van der Waals surface area contributed by atoms with Gasteiger partial charge in [0, 0.05) is 24.5 Å². The van der Waals surface area contributed by atoms with Crippen LogP contribution in [0.1, 0.15) is 35.9 Å². The van der Waals surface area contributed by atoms with Gasteiger partial charge in [-0.2, -0.15) is 0 Å². The number of nitrogens with zero attached hydrogens (tertiary/aromatic N) is 4. The fourth-order valence-electron chi connectivity index (χ4n) is 3.37. The van der Waals surface area contributed by atoms with Gasteiger partial charge in [-0.3, -0.25) is 9.97 Å². The predicted molar refractivity (Wildman–Crippen MR) is 125 cm³/mol. The minimum atomic E-state index is 0.481. The third-order valence-electron chi connectivity index (χ3n) is 5.14. The quantitative estimate of drug-likeness (QED) is 0.438. The molecule has 1 aliphatic carbocycles. The molecule has 0 saturated heterocycles. The van der Waals surface area contributed by atoms with E-state index in [2.05, 4.69) is 50.3 Å². The van der Waals surface area contributed by atoms with E-state index in [1.165, 1.54) is 18.4 Å². The van der Waals surface area contributed by atoms with Crippen LogP contribution >= 0.6 is 0 Å². The topological polar surface area (TPSA) is 70.0 Å². The van der Waals surface area contributed by atoms with Crippen molar-refractivity contribution in [3.05, 3.63) is 109 Å². The summed E-state index contributed by atoms with van der Waals surface area (Å²) >= 11 is 0. The summed E-state index contributed by atoms with van der Waals surface area (Å²) in [4.78, 5) is 16.3. The SMILES string of the molecule is COc1cncc(C2CCC2c2ccccc2)n1.COc1cnccn1.c1ccccc1. The van der Waals surface area contributed by atoms with Crippen molar-refractivity contribution >= 4 is 0 Å². The zero-order valence-corrected chi connectivity index (χ0v) is 18.4. The van der Waals surface area contributed by atoms with E-state index in [1.807, 2.05) is 42.6 Å². The van der Waals surface area contributed by atoms with Crippen molar-refractivity contribution in [2.75, 3.05) is 14.2 Å². The second kappa shape index (κ2) is 12.8. The van der Waals surface area contributed by atoms with Crippen molar-refractivity contribution in [1.29, 1.82) is 0 Å². The Morgan fingerprint density at radius 3 is 1.75 bits per heavy atom. The first-order valence-electron chi connectivity index (χ1n) is 10.5. The van der Waals surface area contributed by atoms with Crippen molar-refractivity contribution < 1.29 is 9.47 Å². The molecule has 1 saturated carbocycles. The lowest BCUT2D eigenvalue weighted by molar-refractivity contribution is 0.331. The maximum Gasteiger partial charge on any atom is 0.232 e. The third-order valence-corrected chi connectivity index (χ3v) is 5.14. The lowest BCUT2D eigenvalue weighted by Gasteiger charge is -2.36. The zero-order chi connectivity index (χ0) is 22.4. The second-order valence-corrected chi connectivity index (χ2v) is 7.09. The summed E-state index contributed by atoms with van der Waals surface area (Å²) in [6.07, 6.45) is 10.7. The highest BCUT2D eigenvalue weighted by atomic mass is 16.5. The molecule has 0 radical (unpaired) electrons. The van der Waals surface area contributed by atoms with Crippen LogP contribution in [0.3, 0.4) is 0 Å². The summed E-state index contributed by atoms with van der Waals surface area (Å²) in [6.45, 7) is 0. The third kappa shape index (κ3) is 6.87. The van der Waals surface area contributed by atoms with Crippen molar-refractivity contribution in [2.45, 2.75) is 24.7 Å². The van der Waals surface area contributed by atoms with E-state index in [4.69, 9.17) is 9.47 Å². The van der Waals surface area contributed by atoms with E-state index in [9.17, 15) is 0 Å².